The quantitative estimate of drug-likeness (QED) is 0.922. The van der Waals surface area contributed by atoms with Gasteiger partial charge in [0.15, 0.2) is 0 Å². The second-order valence-corrected chi connectivity index (χ2v) is 5.14. The number of carbonyl (C=O) groups excluding carboxylic acids is 1. The summed E-state index contributed by atoms with van der Waals surface area (Å²) in [6, 6.07) is 4.60. The zero-order valence-corrected chi connectivity index (χ0v) is 11.7. The number of likely N-dealkylation sites (N-methyl/N-ethyl adjacent to an activating group) is 1. The maximum absolute atomic E-state index is 13.6. The van der Waals surface area contributed by atoms with Crippen LogP contribution in [0.15, 0.2) is 18.2 Å². The molecule has 1 amide bonds. The van der Waals surface area contributed by atoms with Gasteiger partial charge in [-0.15, -0.1) is 0 Å². The summed E-state index contributed by atoms with van der Waals surface area (Å²) in [7, 11) is 0. The molecule has 19 heavy (non-hydrogen) atoms. The van der Waals surface area contributed by atoms with Gasteiger partial charge < -0.3 is 5.32 Å². The van der Waals surface area contributed by atoms with E-state index in [-0.39, 0.29) is 10.6 Å². The molecular formula is C14H18ClFN2O. The number of nitrogens with one attached hydrogen (secondary N) is 1. The Hall–Kier alpha value is -1.13. The van der Waals surface area contributed by atoms with Gasteiger partial charge in [0.25, 0.3) is 5.91 Å². The van der Waals surface area contributed by atoms with Crippen molar-refractivity contribution in [1.29, 1.82) is 0 Å². The van der Waals surface area contributed by atoms with Crippen LogP contribution in [0.5, 0.6) is 0 Å². The molecule has 104 valence electrons. The van der Waals surface area contributed by atoms with Crippen LogP contribution < -0.4 is 5.32 Å². The number of hydrogen-bond acceptors (Lipinski definition) is 2. The zero-order valence-electron chi connectivity index (χ0n) is 11.0. The fraction of sp³-hybridized carbons (Fsp3) is 0.500. The average molecular weight is 285 g/mol. The van der Waals surface area contributed by atoms with E-state index in [1.807, 2.05) is 0 Å². The van der Waals surface area contributed by atoms with Crippen LogP contribution in [0.3, 0.4) is 0 Å². The van der Waals surface area contributed by atoms with Crippen LogP contribution in [0.2, 0.25) is 5.02 Å². The molecule has 5 heteroatoms. The highest BCUT2D eigenvalue weighted by Crippen LogP contribution is 2.19. The van der Waals surface area contributed by atoms with Crippen molar-refractivity contribution in [3.05, 3.63) is 34.6 Å². The Morgan fingerprint density at radius 1 is 1.58 bits per heavy atom. The van der Waals surface area contributed by atoms with Crippen molar-refractivity contribution in [1.82, 2.24) is 10.2 Å². The van der Waals surface area contributed by atoms with Crippen LogP contribution in [-0.2, 0) is 0 Å². The third kappa shape index (κ3) is 3.25. The van der Waals surface area contributed by atoms with Crippen LogP contribution in [0.25, 0.3) is 0 Å². The van der Waals surface area contributed by atoms with Crippen molar-refractivity contribution in [3.63, 3.8) is 0 Å². The first-order valence-electron chi connectivity index (χ1n) is 6.59. The van der Waals surface area contributed by atoms with E-state index in [1.54, 1.807) is 0 Å². The topological polar surface area (TPSA) is 32.3 Å². The first-order chi connectivity index (χ1) is 9.13. The van der Waals surface area contributed by atoms with E-state index in [0.29, 0.717) is 12.6 Å². The molecule has 1 aromatic carbocycles. The molecule has 0 bridgehead atoms. The van der Waals surface area contributed by atoms with Crippen molar-refractivity contribution in [3.8, 4) is 0 Å². The molecule has 1 atom stereocenters. The fourth-order valence-electron chi connectivity index (χ4n) is 2.56. The minimum absolute atomic E-state index is 0.0646. The van der Waals surface area contributed by atoms with E-state index in [0.717, 1.165) is 25.9 Å². The molecule has 1 heterocycles. The standard InChI is InChI=1S/C14H18ClFN2O/c1-2-18-8-4-5-10(18)9-17-14(19)13-11(15)6-3-7-12(13)16/h3,6-7,10H,2,4-5,8-9H2,1H3,(H,17,19). The average Bonchev–Trinajstić information content (AvgIpc) is 2.83. The van der Waals surface area contributed by atoms with Crippen molar-refractivity contribution in [2.24, 2.45) is 0 Å². The van der Waals surface area contributed by atoms with E-state index in [9.17, 15) is 9.18 Å². The molecule has 3 nitrogen and oxygen atoms in total. The van der Waals surface area contributed by atoms with Gasteiger partial charge in [-0.2, -0.15) is 0 Å². The van der Waals surface area contributed by atoms with Gasteiger partial charge in [-0.1, -0.05) is 24.6 Å². The minimum atomic E-state index is -0.580. The van der Waals surface area contributed by atoms with Crippen LogP contribution in [0.1, 0.15) is 30.1 Å². The Kier molecular flexibility index (Phi) is 4.77. The number of likely N-dealkylation sites (tertiary alicyclic amines) is 1. The second kappa shape index (κ2) is 6.35. The van der Waals surface area contributed by atoms with E-state index >= 15 is 0 Å². The summed E-state index contributed by atoms with van der Waals surface area (Å²) in [6.45, 7) is 4.68. The molecule has 0 aliphatic carbocycles. The van der Waals surface area contributed by atoms with Crippen LogP contribution in [0, 0.1) is 5.82 Å². The monoisotopic (exact) mass is 284 g/mol. The molecule has 1 saturated heterocycles. The maximum atomic E-state index is 13.6. The van der Waals surface area contributed by atoms with E-state index in [2.05, 4.69) is 17.1 Å². The summed E-state index contributed by atoms with van der Waals surface area (Å²) in [4.78, 5) is 14.3. The Labute approximate surface area is 117 Å². The molecule has 1 aliphatic heterocycles. The van der Waals surface area contributed by atoms with Gasteiger partial charge in [-0.05, 0) is 38.1 Å². The van der Waals surface area contributed by atoms with Gasteiger partial charge in [-0.3, -0.25) is 9.69 Å². The molecule has 0 aromatic heterocycles. The lowest BCUT2D eigenvalue weighted by molar-refractivity contribution is 0.0937. The summed E-state index contributed by atoms with van der Waals surface area (Å²) in [6.07, 6.45) is 2.22. The first kappa shape index (κ1) is 14.3. The molecular weight excluding hydrogens is 267 g/mol. The number of halogens is 2. The van der Waals surface area contributed by atoms with Gasteiger partial charge in [-0.25, -0.2) is 4.39 Å². The first-order valence-corrected chi connectivity index (χ1v) is 6.97. The molecule has 0 spiro atoms. The van der Waals surface area contributed by atoms with Crippen molar-refractivity contribution < 1.29 is 9.18 Å². The third-order valence-electron chi connectivity index (χ3n) is 3.59. The van der Waals surface area contributed by atoms with Crippen LogP contribution >= 0.6 is 11.6 Å². The predicted octanol–water partition coefficient (Wildman–Crippen LogP) is 2.69. The zero-order chi connectivity index (χ0) is 13.8. The number of benzene rings is 1. The van der Waals surface area contributed by atoms with E-state index < -0.39 is 11.7 Å². The molecule has 1 unspecified atom stereocenters. The summed E-state index contributed by atoms with van der Waals surface area (Å²) in [5.74, 6) is -1.02. The van der Waals surface area contributed by atoms with Crippen molar-refractivity contribution >= 4 is 17.5 Å². The Balaban J connectivity index is 1.98. The molecule has 1 fully saturated rings. The van der Waals surface area contributed by atoms with E-state index in [4.69, 9.17) is 11.6 Å². The summed E-state index contributed by atoms with van der Waals surface area (Å²) in [5.41, 5.74) is -0.0646. The highest BCUT2D eigenvalue weighted by atomic mass is 35.5. The number of amides is 1. The summed E-state index contributed by atoms with van der Waals surface area (Å²) >= 11 is 5.86. The largest absolute Gasteiger partial charge is 0.350 e. The van der Waals surface area contributed by atoms with Gasteiger partial charge in [0.05, 0.1) is 10.6 Å². The van der Waals surface area contributed by atoms with Crippen molar-refractivity contribution in [2.45, 2.75) is 25.8 Å². The van der Waals surface area contributed by atoms with Gasteiger partial charge in [0, 0.05) is 12.6 Å². The summed E-state index contributed by atoms with van der Waals surface area (Å²) in [5, 5.41) is 2.93. The third-order valence-corrected chi connectivity index (χ3v) is 3.91. The number of hydrogen-bond donors (Lipinski definition) is 1. The number of nitrogens with zero attached hydrogens (tertiary/aromatic N) is 1. The predicted molar refractivity (Wildman–Crippen MR) is 74.0 cm³/mol. The van der Waals surface area contributed by atoms with Crippen molar-refractivity contribution in [2.75, 3.05) is 19.6 Å². The highest BCUT2D eigenvalue weighted by molar-refractivity contribution is 6.33. The highest BCUT2D eigenvalue weighted by Gasteiger charge is 2.24. The molecule has 0 radical (unpaired) electrons. The summed E-state index contributed by atoms with van der Waals surface area (Å²) < 4.78 is 13.6. The van der Waals surface area contributed by atoms with Crippen LogP contribution in [-0.4, -0.2) is 36.5 Å². The SMILES string of the molecule is CCN1CCCC1CNC(=O)c1c(F)cccc1Cl. The Morgan fingerprint density at radius 2 is 2.37 bits per heavy atom. The van der Waals surface area contributed by atoms with Gasteiger partial charge in [0.2, 0.25) is 0 Å². The Bertz CT molecular complexity index is 447. The minimum Gasteiger partial charge on any atom is -0.350 e. The second-order valence-electron chi connectivity index (χ2n) is 4.73. The smallest absolute Gasteiger partial charge is 0.255 e. The molecule has 1 N–H and O–H groups in total. The molecule has 1 aliphatic rings. The van der Waals surface area contributed by atoms with E-state index in [1.165, 1.54) is 18.2 Å². The lowest BCUT2D eigenvalue weighted by Gasteiger charge is -2.23. The normalized spacial score (nSPS) is 19.6. The molecule has 1 aromatic rings. The van der Waals surface area contributed by atoms with Gasteiger partial charge in [0.1, 0.15) is 5.82 Å². The van der Waals surface area contributed by atoms with Gasteiger partial charge >= 0.3 is 0 Å². The lowest BCUT2D eigenvalue weighted by Crippen LogP contribution is -2.40. The number of rotatable bonds is 4. The fourth-order valence-corrected chi connectivity index (χ4v) is 2.81. The molecule has 2 rings (SSSR count). The lowest BCUT2D eigenvalue weighted by atomic mass is 10.1. The van der Waals surface area contributed by atoms with Crippen LogP contribution in [0.4, 0.5) is 4.39 Å². The Morgan fingerprint density at radius 3 is 3.05 bits per heavy atom. The maximum Gasteiger partial charge on any atom is 0.255 e. The molecule has 0 saturated carbocycles. The number of carbonyl (C=O) groups is 1.